The van der Waals surface area contributed by atoms with Gasteiger partial charge in [-0.05, 0) is 29.8 Å². The van der Waals surface area contributed by atoms with E-state index >= 15 is 0 Å². The zero-order chi connectivity index (χ0) is 21.1. The molecule has 7 nitrogen and oxygen atoms in total. The van der Waals surface area contributed by atoms with E-state index in [-0.39, 0.29) is 29.8 Å². The van der Waals surface area contributed by atoms with E-state index in [4.69, 9.17) is 9.47 Å². The average molecular weight is 422 g/mol. The number of fused-ring (bicyclic) bond motifs is 1. The molecule has 0 spiro atoms. The third-order valence-electron chi connectivity index (χ3n) is 4.60. The van der Waals surface area contributed by atoms with Crippen molar-refractivity contribution in [2.45, 2.75) is 6.42 Å². The van der Waals surface area contributed by atoms with Gasteiger partial charge in [-0.2, -0.15) is 0 Å². The number of rotatable bonds is 4. The number of aromatic amines is 1. The van der Waals surface area contributed by atoms with Crippen molar-refractivity contribution in [2.24, 2.45) is 0 Å². The molecule has 4 rings (SSSR count). The number of para-hydroxylation sites is 2. The predicted molar refractivity (Wildman–Crippen MR) is 114 cm³/mol. The number of hydrogen-bond donors (Lipinski definition) is 2. The second-order valence-electron chi connectivity index (χ2n) is 6.54. The summed E-state index contributed by atoms with van der Waals surface area (Å²) in [6.45, 7) is 0.202. The number of thiazole rings is 1. The van der Waals surface area contributed by atoms with Crippen LogP contribution >= 0.6 is 11.3 Å². The first kappa shape index (κ1) is 19.6. The number of aromatic hydroxyl groups is 1. The van der Waals surface area contributed by atoms with Crippen molar-refractivity contribution in [2.75, 3.05) is 25.2 Å². The van der Waals surface area contributed by atoms with Gasteiger partial charge in [0, 0.05) is 6.42 Å². The summed E-state index contributed by atoms with van der Waals surface area (Å²) in [6.07, 6.45) is 0.392. The van der Waals surface area contributed by atoms with Crippen LogP contribution in [0.25, 0.3) is 0 Å². The van der Waals surface area contributed by atoms with Crippen LogP contribution < -0.4 is 19.2 Å². The molecule has 3 aromatic rings. The highest BCUT2D eigenvalue weighted by Crippen LogP contribution is 2.31. The van der Waals surface area contributed by atoms with Crippen molar-refractivity contribution in [1.29, 1.82) is 0 Å². The maximum Gasteiger partial charge on any atom is 0.307 e. The summed E-state index contributed by atoms with van der Waals surface area (Å²) in [5.74, 6) is 7.11. The van der Waals surface area contributed by atoms with E-state index in [9.17, 15) is 14.7 Å². The van der Waals surface area contributed by atoms with E-state index in [1.807, 2.05) is 36.4 Å². The van der Waals surface area contributed by atoms with Crippen LogP contribution in [0.15, 0.2) is 47.3 Å². The first-order valence-corrected chi connectivity index (χ1v) is 9.95. The number of ether oxygens (including phenoxy) is 2. The molecular formula is C22H18N2O5S. The Labute approximate surface area is 176 Å². The number of hydrogen-bond acceptors (Lipinski definition) is 6. The lowest BCUT2D eigenvalue weighted by atomic mass is 10.1. The van der Waals surface area contributed by atoms with Gasteiger partial charge in [0.1, 0.15) is 11.5 Å². The fourth-order valence-corrected chi connectivity index (χ4v) is 3.92. The molecule has 2 heterocycles. The number of carbonyl (C=O) groups excluding carboxylic acids is 1. The van der Waals surface area contributed by atoms with Crippen LogP contribution in [-0.4, -0.2) is 36.3 Å². The normalized spacial score (nSPS) is 12.6. The van der Waals surface area contributed by atoms with E-state index in [0.717, 1.165) is 16.9 Å². The van der Waals surface area contributed by atoms with E-state index < -0.39 is 0 Å². The Morgan fingerprint density at radius 3 is 2.87 bits per heavy atom. The number of benzene rings is 2. The fourth-order valence-electron chi connectivity index (χ4n) is 3.16. The Bertz CT molecular complexity index is 1220. The summed E-state index contributed by atoms with van der Waals surface area (Å²) in [5, 5.41) is 9.81. The van der Waals surface area contributed by atoms with Crippen molar-refractivity contribution in [3.8, 4) is 29.2 Å². The van der Waals surface area contributed by atoms with Gasteiger partial charge in [-0.3, -0.25) is 19.5 Å². The second kappa shape index (κ2) is 8.35. The minimum absolute atomic E-state index is 0.0134. The van der Waals surface area contributed by atoms with Gasteiger partial charge in [-0.25, -0.2) is 0 Å². The standard InChI is InChI=1S/C22H18N2O5S/c1-28-17-9-8-14(12-19-21(26)23-22(27)30-19)11-15(17)5-4-10-24-16-6-2-3-7-18(16)29-13-20(24)25/h2-3,6-9,11,26H,10,12-13H2,1H3,(H,23,27). The van der Waals surface area contributed by atoms with Crippen molar-refractivity contribution in [3.63, 3.8) is 0 Å². The van der Waals surface area contributed by atoms with Gasteiger partial charge in [-0.1, -0.05) is 41.4 Å². The van der Waals surface area contributed by atoms with E-state index in [0.29, 0.717) is 34.0 Å². The Kier molecular flexibility index (Phi) is 5.46. The molecule has 0 saturated carbocycles. The number of carbonyl (C=O) groups is 1. The summed E-state index contributed by atoms with van der Waals surface area (Å²) in [6, 6.07) is 12.8. The molecular weight excluding hydrogens is 404 g/mol. The predicted octanol–water partition coefficient (Wildman–Crippen LogP) is 2.52. The summed E-state index contributed by atoms with van der Waals surface area (Å²) in [4.78, 5) is 27.9. The van der Waals surface area contributed by atoms with E-state index in [1.54, 1.807) is 18.1 Å². The molecule has 0 saturated heterocycles. The van der Waals surface area contributed by atoms with Gasteiger partial charge in [0.2, 0.25) is 5.88 Å². The molecule has 1 amide bonds. The lowest BCUT2D eigenvalue weighted by molar-refractivity contribution is -0.121. The van der Waals surface area contributed by atoms with Crippen molar-refractivity contribution in [1.82, 2.24) is 4.98 Å². The van der Waals surface area contributed by atoms with Gasteiger partial charge in [0.25, 0.3) is 5.91 Å². The molecule has 8 heteroatoms. The number of aromatic nitrogens is 1. The molecule has 30 heavy (non-hydrogen) atoms. The molecule has 0 unspecified atom stereocenters. The van der Waals surface area contributed by atoms with Crippen LogP contribution in [-0.2, 0) is 11.2 Å². The number of nitrogens with one attached hydrogen (secondary N) is 1. The molecule has 1 aromatic heterocycles. The Morgan fingerprint density at radius 2 is 2.10 bits per heavy atom. The number of H-pyrrole nitrogens is 1. The third kappa shape index (κ3) is 4.02. The highest BCUT2D eigenvalue weighted by atomic mass is 32.1. The maximum atomic E-state index is 12.3. The average Bonchev–Trinajstić information content (AvgIpc) is 3.06. The summed E-state index contributed by atoms with van der Waals surface area (Å²) in [5.41, 5.74) is 2.23. The summed E-state index contributed by atoms with van der Waals surface area (Å²) in [7, 11) is 1.56. The first-order valence-electron chi connectivity index (χ1n) is 9.14. The second-order valence-corrected chi connectivity index (χ2v) is 7.60. The molecule has 0 atom stereocenters. The third-order valence-corrected chi connectivity index (χ3v) is 5.47. The smallest absolute Gasteiger partial charge is 0.307 e. The van der Waals surface area contributed by atoms with Crippen LogP contribution in [0.1, 0.15) is 16.0 Å². The highest BCUT2D eigenvalue weighted by molar-refractivity contribution is 7.09. The minimum Gasteiger partial charge on any atom is -0.495 e. The topological polar surface area (TPSA) is 91.9 Å². The minimum atomic E-state index is -0.300. The number of nitrogens with zero attached hydrogens (tertiary/aromatic N) is 1. The van der Waals surface area contributed by atoms with Gasteiger partial charge < -0.3 is 14.6 Å². The monoisotopic (exact) mass is 422 g/mol. The van der Waals surface area contributed by atoms with Gasteiger partial charge in [0.15, 0.2) is 6.61 Å². The van der Waals surface area contributed by atoms with E-state index in [2.05, 4.69) is 16.8 Å². The summed E-state index contributed by atoms with van der Waals surface area (Å²) >= 11 is 0.971. The molecule has 2 aromatic carbocycles. The zero-order valence-corrected chi connectivity index (χ0v) is 16.9. The molecule has 0 radical (unpaired) electrons. The zero-order valence-electron chi connectivity index (χ0n) is 16.1. The SMILES string of the molecule is COc1ccc(Cc2sc(=O)[nH]c2O)cc1C#CCN1C(=O)COc2ccccc21. The molecule has 1 aliphatic rings. The van der Waals surface area contributed by atoms with Crippen molar-refractivity contribution < 1.29 is 19.4 Å². The summed E-state index contributed by atoms with van der Waals surface area (Å²) < 4.78 is 10.8. The maximum absolute atomic E-state index is 12.3. The van der Waals surface area contributed by atoms with Crippen LogP contribution in [0.5, 0.6) is 17.4 Å². The molecule has 0 fully saturated rings. The quantitative estimate of drug-likeness (QED) is 0.631. The Balaban J connectivity index is 1.58. The number of methoxy groups -OCH3 is 1. The molecule has 0 bridgehead atoms. The Morgan fingerprint density at radius 1 is 1.27 bits per heavy atom. The largest absolute Gasteiger partial charge is 0.495 e. The Hall–Kier alpha value is -3.70. The van der Waals surface area contributed by atoms with Crippen LogP contribution in [0.2, 0.25) is 0 Å². The van der Waals surface area contributed by atoms with Gasteiger partial charge in [0.05, 0.1) is 29.8 Å². The fraction of sp³-hybridized carbons (Fsp3) is 0.182. The van der Waals surface area contributed by atoms with Crippen LogP contribution in [0.3, 0.4) is 0 Å². The molecule has 152 valence electrons. The first-order chi connectivity index (χ1) is 14.5. The lowest BCUT2D eigenvalue weighted by Crippen LogP contribution is -2.38. The number of anilines is 1. The number of amides is 1. The molecule has 2 N–H and O–H groups in total. The lowest BCUT2D eigenvalue weighted by Gasteiger charge is -2.27. The van der Waals surface area contributed by atoms with Crippen molar-refractivity contribution >= 4 is 22.9 Å². The van der Waals surface area contributed by atoms with E-state index in [1.165, 1.54) is 0 Å². The highest BCUT2D eigenvalue weighted by Gasteiger charge is 2.24. The van der Waals surface area contributed by atoms with Crippen molar-refractivity contribution in [3.05, 3.63) is 68.1 Å². The van der Waals surface area contributed by atoms with Crippen LogP contribution in [0.4, 0.5) is 5.69 Å². The van der Waals surface area contributed by atoms with Gasteiger partial charge in [-0.15, -0.1) is 0 Å². The van der Waals surface area contributed by atoms with Crippen LogP contribution in [0, 0.1) is 11.8 Å². The molecule has 0 aliphatic carbocycles. The van der Waals surface area contributed by atoms with Gasteiger partial charge >= 0.3 is 4.87 Å². The molecule has 1 aliphatic heterocycles.